The molecule has 12 heteroatoms. The molecular weight excluding hydrogens is 360 g/mol. The van der Waals surface area contributed by atoms with Crippen LogP contribution in [0.5, 0.6) is 0 Å². The zero-order chi connectivity index (χ0) is 20.5. The molecule has 0 fully saturated rings. The van der Waals surface area contributed by atoms with Crippen LogP contribution in [-0.2, 0) is 0 Å². The van der Waals surface area contributed by atoms with Gasteiger partial charge >= 0.3 is 0 Å². The lowest BCUT2D eigenvalue weighted by atomic mass is 10.5. The molecule has 0 spiro atoms. The van der Waals surface area contributed by atoms with Crippen LogP contribution in [0.1, 0.15) is 22.8 Å². The van der Waals surface area contributed by atoms with Gasteiger partial charge in [-0.2, -0.15) is 10.2 Å². The minimum absolute atomic E-state index is 0.850. The minimum atomic E-state index is 0.850. The quantitative estimate of drug-likeness (QED) is 0.422. The van der Waals surface area contributed by atoms with Gasteiger partial charge in [0.25, 0.3) is 0 Å². The van der Waals surface area contributed by atoms with E-state index in [0.717, 1.165) is 22.8 Å². The van der Waals surface area contributed by atoms with Gasteiger partial charge in [-0.3, -0.25) is 0 Å². The molecule has 0 saturated carbocycles. The number of hydrogen-bond donors (Lipinski definition) is 0. The van der Waals surface area contributed by atoms with Crippen molar-refractivity contribution in [2.45, 2.75) is 27.7 Å². The minimum Gasteiger partial charge on any atom is -0.241 e. The second kappa shape index (κ2) is 14.2. The highest BCUT2D eigenvalue weighted by Gasteiger charge is 1.78. The van der Waals surface area contributed by atoms with Crippen LogP contribution in [0, 0.1) is 27.7 Å². The van der Waals surface area contributed by atoms with E-state index in [4.69, 9.17) is 0 Å². The SMILES string of the molecule is Cc1ccnnn1.Cc1ccnnn1.Cc1cncnn1.Cc1cnncn1. The first kappa shape index (κ1) is 22.1. The first-order valence-corrected chi connectivity index (χ1v) is 7.98. The zero-order valence-electron chi connectivity index (χ0n) is 16.0. The van der Waals surface area contributed by atoms with E-state index in [1.54, 1.807) is 36.9 Å². The summed E-state index contributed by atoms with van der Waals surface area (Å²) in [6.07, 6.45) is 9.33. The van der Waals surface area contributed by atoms with Crippen LogP contribution in [0.4, 0.5) is 0 Å². The molecule has 12 nitrogen and oxygen atoms in total. The molecule has 144 valence electrons. The molecule has 0 aromatic carbocycles. The van der Waals surface area contributed by atoms with Crippen molar-refractivity contribution >= 4 is 0 Å². The van der Waals surface area contributed by atoms with E-state index in [0.29, 0.717) is 0 Å². The summed E-state index contributed by atoms with van der Waals surface area (Å²) in [5.41, 5.74) is 3.54. The highest BCUT2D eigenvalue weighted by molar-refractivity contribution is 4.90. The average molecular weight is 380 g/mol. The lowest BCUT2D eigenvalue weighted by Crippen LogP contribution is -1.85. The van der Waals surface area contributed by atoms with Crippen molar-refractivity contribution < 1.29 is 0 Å². The van der Waals surface area contributed by atoms with Gasteiger partial charge in [-0.1, -0.05) is 0 Å². The van der Waals surface area contributed by atoms with Crippen LogP contribution in [-0.4, -0.2) is 61.2 Å². The zero-order valence-corrected chi connectivity index (χ0v) is 16.0. The Hall–Kier alpha value is -3.96. The third-order valence-electron chi connectivity index (χ3n) is 2.49. The van der Waals surface area contributed by atoms with E-state index in [-0.39, 0.29) is 0 Å². The second-order valence-corrected chi connectivity index (χ2v) is 5.02. The summed E-state index contributed by atoms with van der Waals surface area (Å²) >= 11 is 0. The molecule has 0 aliphatic heterocycles. The Balaban J connectivity index is 0.000000187. The lowest BCUT2D eigenvalue weighted by Gasteiger charge is -1.80. The fourth-order valence-corrected chi connectivity index (χ4v) is 1.21. The molecule has 4 aromatic rings. The molecule has 0 aliphatic rings. The van der Waals surface area contributed by atoms with Gasteiger partial charge in [0.2, 0.25) is 0 Å². The third kappa shape index (κ3) is 12.4. The Bertz CT molecular complexity index is 697. The van der Waals surface area contributed by atoms with Crippen molar-refractivity contribution in [1.29, 1.82) is 0 Å². The maximum atomic E-state index is 3.81. The van der Waals surface area contributed by atoms with E-state index in [9.17, 15) is 0 Å². The molecule has 0 radical (unpaired) electrons. The molecular formula is C16H20N12. The first-order chi connectivity index (χ1) is 13.6. The fourth-order valence-electron chi connectivity index (χ4n) is 1.21. The molecule has 0 unspecified atom stereocenters. The smallest absolute Gasteiger partial charge is 0.138 e. The van der Waals surface area contributed by atoms with Gasteiger partial charge in [-0.25, -0.2) is 9.97 Å². The number of aromatic nitrogens is 12. The molecule has 0 N–H and O–H groups in total. The molecule has 4 rings (SSSR count). The molecule has 4 aromatic heterocycles. The maximum absolute atomic E-state index is 3.81. The summed E-state index contributed by atoms with van der Waals surface area (Å²) in [7, 11) is 0. The van der Waals surface area contributed by atoms with Crippen molar-refractivity contribution in [1.82, 2.24) is 61.2 Å². The Labute approximate surface area is 162 Å². The van der Waals surface area contributed by atoms with E-state index < -0.39 is 0 Å². The van der Waals surface area contributed by atoms with E-state index in [1.165, 1.54) is 12.7 Å². The molecule has 0 bridgehead atoms. The molecule has 28 heavy (non-hydrogen) atoms. The summed E-state index contributed by atoms with van der Waals surface area (Å²) in [5, 5.41) is 35.2. The molecule has 4 heterocycles. The molecule has 0 aliphatic carbocycles. The molecule has 0 amide bonds. The van der Waals surface area contributed by atoms with Gasteiger partial charge < -0.3 is 0 Å². The summed E-state index contributed by atoms with van der Waals surface area (Å²) in [4.78, 5) is 7.52. The number of rotatable bonds is 0. The Kier molecular flexibility index (Phi) is 11.2. The predicted molar refractivity (Wildman–Crippen MR) is 98.3 cm³/mol. The average Bonchev–Trinajstić information content (AvgIpc) is 2.72. The van der Waals surface area contributed by atoms with Crippen LogP contribution < -0.4 is 0 Å². The second-order valence-electron chi connectivity index (χ2n) is 5.02. The van der Waals surface area contributed by atoms with E-state index in [2.05, 4.69) is 61.2 Å². The highest BCUT2D eigenvalue weighted by atomic mass is 15.3. The van der Waals surface area contributed by atoms with Crippen LogP contribution >= 0.6 is 0 Å². The van der Waals surface area contributed by atoms with E-state index >= 15 is 0 Å². The van der Waals surface area contributed by atoms with Crippen LogP contribution in [0.2, 0.25) is 0 Å². The van der Waals surface area contributed by atoms with Crippen LogP contribution in [0.3, 0.4) is 0 Å². The van der Waals surface area contributed by atoms with Crippen molar-refractivity contribution in [3.8, 4) is 0 Å². The fraction of sp³-hybridized carbons (Fsp3) is 0.250. The summed E-state index contributed by atoms with van der Waals surface area (Å²) in [6, 6.07) is 3.60. The Morgan fingerprint density at radius 1 is 0.536 bits per heavy atom. The van der Waals surface area contributed by atoms with Gasteiger partial charge in [0.1, 0.15) is 12.7 Å². The maximum Gasteiger partial charge on any atom is 0.138 e. The van der Waals surface area contributed by atoms with Gasteiger partial charge in [0.05, 0.1) is 47.6 Å². The monoisotopic (exact) mass is 380 g/mol. The van der Waals surface area contributed by atoms with Crippen molar-refractivity contribution in [2.75, 3.05) is 0 Å². The van der Waals surface area contributed by atoms with E-state index in [1.807, 2.05) is 27.7 Å². The predicted octanol–water partition coefficient (Wildman–Crippen LogP) is 0.720. The van der Waals surface area contributed by atoms with Gasteiger partial charge in [-0.15, -0.1) is 30.6 Å². The number of hydrogen-bond acceptors (Lipinski definition) is 12. The standard InChI is InChI=1S/4C4H5N3/c1-4-2-6-7-3-5-4;1-4-2-5-3-6-7-4;2*1-4-2-3-5-7-6-4/h4*2-3H,1H3. The third-order valence-corrected chi connectivity index (χ3v) is 2.49. The number of aryl methyl sites for hydroxylation is 4. The van der Waals surface area contributed by atoms with Crippen molar-refractivity contribution in [3.05, 3.63) is 72.4 Å². The summed E-state index contributed by atoms with van der Waals surface area (Å²) in [6.45, 7) is 7.46. The Morgan fingerprint density at radius 3 is 1.39 bits per heavy atom. The highest BCUT2D eigenvalue weighted by Crippen LogP contribution is 1.80. The van der Waals surface area contributed by atoms with Gasteiger partial charge in [0, 0.05) is 0 Å². The van der Waals surface area contributed by atoms with Gasteiger partial charge in [-0.05, 0) is 50.3 Å². The topological polar surface area (TPSA) is 155 Å². The van der Waals surface area contributed by atoms with Crippen LogP contribution in [0.15, 0.2) is 49.6 Å². The van der Waals surface area contributed by atoms with Crippen molar-refractivity contribution in [2.24, 2.45) is 0 Å². The number of nitrogens with zero attached hydrogens (tertiary/aromatic N) is 12. The first-order valence-electron chi connectivity index (χ1n) is 7.98. The van der Waals surface area contributed by atoms with Crippen LogP contribution in [0.25, 0.3) is 0 Å². The summed E-state index contributed by atoms with van der Waals surface area (Å²) < 4.78 is 0. The van der Waals surface area contributed by atoms with Crippen molar-refractivity contribution in [3.63, 3.8) is 0 Å². The largest absolute Gasteiger partial charge is 0.241 e. The summed E-state index contributed by atoms with van der Waals surface area (Å²) in [5.74, 6) is 0. The Morgan fingerprint density at radius 2 is 1.18 bits per heavy atom. The molecule has 0 atom stereocenters. The normalized spacial score (nSPS) is 8.71. The van der Waals surface area contributed by atoms with Gasteiger partial charge in [0.15, 0.2) is 0 Å². The lowest BCUT2D eigenvalue weighted by molar-refractivity contribution is 0.839. The molecule has 0 saturated heterocycles.